The molecular formula is C17H20N2O3. The van der Waals surface area contributed by atoms with Gasteiger partial charge in [-0.15, -0.1) is 0 Å². The van der Waals surface area contributed by atoms with Gasteiger partial charge in [-0.05, 0) is 44.9 Å². The number of hydrogen-bond acceptors (Lipinski definition) is 3. The molecule has 3 heterocycles. The summed E-state index contributed by atoms with van der Waals surface area (Å²) in [6.07, 6.45) is 5.40. The normalized spacial score (nSPS) is 28.1. The minimum Gasteiger partial charge on any atom is -0.449 e. The molecule has 5 heteroatoms. The highest BCUT2D eigenvalue weighted by molar-refractivity contribution is 5.88. The number of ether oxygens (including phenoxy) is 1. The molecule has 0 radical (unpaired) electrons. The maximum Gasteiger partial charge on any atom is 0.511 e. The van der Waals surface area contributed by atoms with Crippen LogP contribution >= 0.6 is 0 Å². The summed E-state index contributed by atoms with van der Waals surface area (Å²) in [5, 5.41) is 9.81. The van der Waals surface area contributed by atoms with Crippen LogP contribution < -0.4 is 4.74 Å². The van der Waals surface area contributed by atoms with E-state index in [1.165, 1.54) is 12.8 Å². The minimum absolute atomic E-state index is 0.421. The number of rotatable bonds is 2. The van der Waals surface area contributed by atoms with Crippen LogP contribution in [-0.2, 0) is 0 Å². The average molecular weight is 300 g/mol. The fraction of sp³-hybridized carbons (Fsp3) is 0.471. The Hall–Kier alpha value is -2.01. The lowest BCUT2D eigenvalue weighted by molar-refractivity contribution is 0.137. The molecule has 1 N–H and O–H groups in total. The van der Waals surface area contributed by atoms with Crippen LogP contribution in [0.1, 0.15) is 31.7 Å². The van der Waals surface area contributed by atoms with Gasteiger partial charge < -0.3 is 19.3 Å². The third kappa shape index (κ3) is 2.08. The Balaban J connectivity index is 1.74. The molecule has 2 aromatic rings. The Kier molecular flexibility index (Phi) is 3.11. The smallest absolute Gasteiger partial charge is 0.449 e. The minimum atomic E-state index is -1.26. The van der Waals surface area contributed by atoms with Gasteiger partial charge >= 0.3 is 6.16 Å². The van der Waals surface area contributed by atoms with Crippen molar-refractivity contribution in [1.29, 1.82) is 0 Å². The second-order valence-electron chi connectivity index (χ2n) is 6.46. The van der Waals surface area contributed by atoms with Crippen molar-refractivity contribution in [2.45, 2.75) is 43.8 Å². The van der Waals surface area contributed by atoms with Crippen LogP contribution in [0.4, 0.5) is 4.79 Å². The van der Waals surface area contributed by atoms with Crippen LogP contribution in [0.5, 0.6) is 5.75 Å². The molecule has 1 aromatic heterocycles. The van der Waals surface area contributed by atoms with Gasteiger partial charge in [0.25, 0.3) is 0 Å². The summed E-state index contributed by atoms with van der Waals surface area (Å²) in [6.45, 7) is 0. The first-order chi connectivity index (χ1) is 10.6. The van der Waals surface area contributed by atoms with Crippen molar-refractivity contribution in [1.82, 2.24) is 9.47 Å². The van der Waals surface area contributed by atoms with Gasteiger partial charge in [0.1, 0.15) is 0 Å². The summed E-state index contributed by atoms with van der Waals surface area (Å²) in [5.74, 6) is 0.439. The molecule has 22 heavy (non-hydrogen) atoms. The number of carbonyl (C=O) groups is 1. The van der Waals surface area contributed by atoms with Crippen LogP contribution in [-0.4, -0.2) is 39.9 Å². The van der Waals surface area contributed by atoms with Crippen molar-refractivity contribution in [3.05, 3.63) is 30.5 Å². The Bertz CT molecular complexity index is 710. The SMILES string of the molecule is CN1C2CCC1CC(n1cc(OC(=O)O)c3ccccc31)C2. The highest BCUT2D eigenvalue weighted by Crippen LogP contribution is 2.42. The Morgan fingerprint density at radius 1 is 1.18 bits per heavy atom. The molecule has 116 valence electrons. The first-order valence-corrected chi connectivity index (χ1v) is 7.86. The molecule has 2 saturated heterocycles. The van der Waals surface area contributed by atoms with Crippen LogP contribution in [0, 0.1) is 0 Å². The van der Waals surface area contributed by atoms with Crippen LogP contribution in [0.15, 0.2) is 30.5 Å². The number of fused-ring (bicyclic) bond motifs is 3. The van der Waals surface area contributed by atoms with E-state index in [2.05, 4.69) is 16.5 Å². The van der Waals surface area contributed by atoms with E-state index in [1.807, 2.05) is 30.5 Å². The number of para-hydroxylation sites is 1. The summed E-state index contributed by atoms with van der Waals surface area (Å²) in [5.41, 5.74) is 1.06. The molecule has 0 spiro atoms. The number of carboxylic acid groups (broad SMARTS) is 1. The van der Waals surface area contributed by atoms with E-state index in [1.54, 1.807) is 0 Å². The van der Waals surface area contributed by atoms with Crippen molar-refractivity contribution in [2.24, 2.45) is 0 Å². The van der Waals surface area contributed by atoms with E-state index in [0.29, 0.717) is 23.9 Å². The summed E-state index contributed by atoms with van der Waals surface area (Å²) < 4.78 is 7.20. The van der Waals surface area contributed by atoms with Crippen LogP contribution in [0.3, 0.4) is 0 Å². The lowest BCUT2D eigenvalue weighted by Crippen LogP contribution is -2.40. The molecule has 0 aliphatic carbocycles. The number of piperidine rings is 1. The molecule has 5 nitrogen and oxygen atoms in total. The largest absolute Gasteiger partial charge is 0.511 e. The number of hydrogen-bond donors (Lipinski definition) is 1. The molecular weight excluding hydrogens is 280 g/mol. The third-order valence-corrected chi connectivity index (χ3v) is 5.37. The molecule has 2 atom stereocenters. The maximum absolute atomic E-state index is 10.9. The number of benzene rings is 1. The topological polar surface area (TPSA) is 54.7 Å². The second-order valence-corrected chi connectivity index (χ2v) is 6.46. The Labute approximate surface area is 129 Å². The van der Waals surface area contributed by atoms with Gasteiger partial charge in [-0.25, -0.2) is 4.79 Å². The van der Waals surface area contributed by atoms with Gasteiger partial charge in [-0.1, -0.05) is 12.1 Å². The predicted molar refractivity (Wildman–Crippen MR) is 83.4 cm³/mol. The molecule has 0 amide bonds. The van der Waals surface area contributed by atoms with Crippen molar-refractivity contribution in [3.63, 3.8) is 0 Å². The lowest BCUT2D eigenvalue weighted by Gasteiger charge is -2.37. The second kappa shape index (κ2) is 5.02. The fourth-order valence-corrected chi connectivity index (χ4v) is 4.26. The predicted octanol–water partition coefficient (Wildman–Crippen LogP) is 3.50. The zero-order valence-electron chi connectivity index (χ0n) is 12.6. The highest BCUT2D eigenvalue weighted by Gasteiger charge is 2.39. The fourth-order valence-electron chi connectivity index (χ4n) is 4.26. The monoisotopic (exact) mass is 300 g/mol. The molecule has 2 bridgehead atoms. The molecule has 4 rings (SSSR count). The van der Waals surface area contributed by atoms with E-state index in [0.717, 1.165) is 23.7 Å². The average Bonchev–Trinajstić information content (AvgIpc) is 2.92. The highest BCUT2D eigenvalue weighted by atomic mass is 16.7. The molecule has 0 saturated carbocycles. The quantitative estimate of drug-likeness (QED) is 0.863. The van der Waals surface area contributed by atoms with Gasteiger partial charge in [-0.2, -0.15) is 0 Å². The van der Waals surface area contributed by atoms with Gasteiger partial charge in [-0.3, -0.25) is 0 Å². The van der Waals surface area contributed by atoms with Crippen LogP contribution in [0.25, 0.3) is 10.9 Å². The van der Waals surface area contributed by atoms with Crippen molar-refractivity contribution < 1.29 is 14.6 Å². The van der Waals surface area contributed by atoms with E-state index in [4.69, 9.17) is 9.84 Å². The van der Waals surface area contributed by atoms with Gasteiger partial charge in [0.15, 0.2) is 5.75 Å². The first kappa shape index (κ1) is 13.6. The van der Waals surface area contributed by atoms with E-state index < -0.39 is 6.16 Å². The molecule has 1 aromatic carbocycles. The maximum atomic E-state index is 10.9. The third-order valence-electron chi connectivity index (χ3n) is 5.37. The van der Waals surface area contributed by atoms with Crippen LogP contribution in [0.2, 0.25) is 0 Å². The summed E-state index contributed by atoms with van der Waals surface area (Å²) in [4.78, 5) is 13.4. The molecule has 2 unspecified atom stereocenters. The zero-order chi connectivity index (χ0) is 15.3. The lowest BCUT2D eigenvalue weighted by atomic mass is 9.97. The van der Waals surface area contributed by atoms with Gasteiger partial charge in [0, 0.05) is 29.7 Å². The standard InChI is InChI=1S/C17H20N2O3/c1-18-11-6-7-12(18)9-13(8-11)19-10-16(22-17(20)21)14-4-2-3-5-15(14)19/h2-5,10-13H,6-9H2,1H3,(H,20,21). The number of nitrogens with zero attached hydrogens (tertiary/aromatic N) is 2. The molecule has 2 aliphatic heterocycles. The van der Waals surface area contributed by atoms with Gasteiger partial charge in [0.05, 0.1) is 5.52 Å². The summed E-state index contributed by atoms with van der Waals surface area (Å²) in [7, 11) is 2.23. The molecule has 2 fully saturated rings. The summed E-state index contributed by atoms with van der Waals surface area (Å²) in [6, 6.07) is 9.59. The number of aromatic nitrogens is 1. The van der Waals surface area contributed by atoms with Gasteiger partial charge in [0.2, 0.25) is 0 Å². The molecule has 2 aliphatic rings. The Morgan fingerprint density at radius 2 is 1.86 bits per heavy atom. The first-order valence-electron chi connectivity index (χ1n) is 7.86. The Morgan fingerprint density at radius 3 is 2.55 bits per heavy atom. The van der Waals surface area contributed by atoms with E-state index in [-0.39, 0.29) is 0 Å². The summed E-state index contributed by atoms with van der Waals surface area (Å²) >= 11 is 0. The van der Waals surface area contributed by atoms with Crippen molar-refractivity contribution in [2.75, 3.05) is 7.05 Å². The van der Waals surface area contributed by atoms with Crippen molar-refractivity contribution in [3.8, 4) is 5.75 Å². The zero-order valence-corrected chi connectivity index (χ0v) is 12.6. The van der Waals surface area contributed by atoms with E-state index in [9.17, 15) is 4.79 Å². The van der Waals surface area contributed by atoms with E-state index >= 15 is 0 Å². The van der Waals surface area contributed by atoms with Crippen molar-refractivity contribution >= 4 is 17.1 Å².